The Morgan fingerprint density at radius 1 is 1.31 bits per heavy atom. The second-order valence-corrected chi connectivity index (χ2v) is 9.14. The minimum absolute atomic E-state index is 0.219. The molecule has 0 bridgehead atoms. The summed E-state index contributed by atoms with van der Waals surface area (Å²) < 4.78 is 19.6. The first-order valence-corrected chi connectivity index (χ1v) is 10.1. The highest BCUT2D eigenvalue weighted by Gasteiger charge is 2.28. The Bertz CT molecular complexity index is 936. The topological polar surface area (TPSA) is 74.8 Å². The Kier molecular flexibility index (Phi) is 5.79. The van der Waals surface area contributed by atoms with E-state index in [1.54, 1.807) is 36.0 Å². The van der Waals surface area contributed by atoms with Gasteiger partial charge in [-0.25, -0.2) is 14.2 Å². The summed E-state index contributed by atoms with van der Waals surface area (Å²) in [6.45, 7) is 6.39. The first-order chi connectivity index (χ1) is 13.5. The van der Waals surface area contributed by atoms with Crippen molar-refractivity contribution in [3.63, 3.8) is 0 Å². The molecule has 2 amide bonds. The van der Waals surface area contributed by atoms with Crippen LogP contribution < -0.4 is 10.2 Å². The standard InChI is InChI=1S/C20H25FN4O3S/c1-20(2,3)28-19(27)25-9-8-14-16(11-25)29-18(22-14)23-17(26)12-6-7-15(24(4)5)13(21)10-12/h6-7,10H,8-9,11H2,1-5H3,(H,22,23,26). The first-order valence-electron chi connectivity index (χ1n) is 9.28. The van der Waals surface area contributed by atoms with E-state index in [-0.39, 0.29) is 11.7 Å². The molecule has 1 aromatic heterocycles. The normalized spacial score (nSPS) is 13.7. The summed E-state index contributed by atoms with van der Waals surface area (Å²) in [4.78, 5) is 33.4. The van der Waals surface area contributed by atoms with Gasteiger partial charge in [0.15, 0.2) is 5.13 Å². The molecule has 0 fully saturated rings. The number of nitrogens with one attached hydrogen (secondary N) is 1. The van der Waals surface area contributed by atoms with Crippen molar-refractivity contribution in [1.82, 2.24) is 9.88 Å². The van der Waals surface area contributed by atoms with Crippen LogP contribution in [-0.4, -0.2) is 48.1 Å². The van der Waals surface area contributed by atoms with Gasteiger partial charge in [-0.1, -0.05) is 11.3 Å². The molecular formula is C20H25FN4O3S. The van der Waals surface area contributed by atoms with Crippen molar-refractivity contribution in [2.24, 2.45) is 0 Å². The number of anilines is 2. The first kappa shape index (κ1) is 21.0. The van der Waals surface area contributed by atoms with Crippen molar-refractivity contribution in [3.05, 3.63) is 40.2 Å². The minimum Gasteiger partial charge on any atom is -0.444 e. The van der Waals surface area contributed by atoms with Crippen LogP contribution in [-0.2, 0) is 17.7 Å². The third-order valence-electron chi connectivity index (χ3n) is 4.30. The SMILES string of the molecule is CN(C)c1ccc(C(=O)Nc2nc3c(s2)CN(C(=O)OC(C)(C)C)CC3)cc1F. The lowest BCUT2D eigenvalue weighted by molar-refractivity contribution is 0.0225. The fourth-order valence-electron chi connectivity index (χ4n) is 2.91. The number of hydrogen-bond acceptors (Lipinski definition) is 6. The summed E-state index contributed by atoms with van der Waals surface area (Å²) in [5, 5.41) is 3.16. The number of ether oxygens (including phenoxy) is 1. The molecule has 2 heterocycles. The van der Waals surface area contributed by atoms with E-state index in [9.17, 15) is 14.0 Å². The Hall–Kier alpha value is -2.68. The largest absolute Gasteiger partial charge is 0.444 e. The Labute approximate surface area is 173 Å². The highest BCUT2D eigenvalue weighted by Crippen LogP contribution is 2.29. The van der Waals surface area contributed by atoms with Crippen LogP contribution in [0.5, 0.6) is 0 Å². The van der Waals surface area contributed by atoms with Gasteiger partial charge in [-0.3, -0.25) is 10.1 Å². The minimum atomic E-state index is -0.554. The number of halogens is 1. The smallest absolute Gasteiger partial charge is 0.410 e. The van der Waals surface area contributed by atoms with Crippen LogP contribution in [0.1, 0.15) is 41.7 Å². The fraction of sp³-hybridized carbons (Fsp3) is 0.450. The summed E-state index contributed by atoms with van der Waals surface area (Å²) in [6.07, 6.45) is 0.228. The average Bonchev–Trinajstić information content (AvgIpc) is 3.01. The number of thiazole rings is 1. The summed E-state index contributed by atoms with van der Waals surface area (Å²) in [7, 11) is 3.47. The number of carbonyl (C=O) groups is 2. The number of fused-ring (bicyclic) bond motifs is 1. The van der Waals surface area contributed by atoms with E-state index < -0.39 is 17.3 Å². The average molecular weight is 421 g/mol. The molecule has 0 saturated carbocycles. The van der Waals surface area contributed by atoms with Crippen LogP contribution in [0.4, 0.5) is 20.0 Å². The van der Waals surface area contributed by atoms with E-state index in [0.29, 0.717) is 30.3 Å². The fourth-order valence-corrected chi connectivity index (χ4v) is 3.93. The van der Waals surface area contributed by atoms with Crippen molar-refractivity contribution in [2.75, 3.05) is 30.9 Å². The Balaban J connectivity index is 1.68. The number of benzene rings is 1. The second kappa shape index (κ2) is 7.98. The monoisotopic (exact) mass is 420 g/mol. The molecule has 0 spiro atoms. The number of amides is 2. The highest BCUT2D eigenvalue weighted by molar-refractivity contribution is 7.15. The van der Waals surface area contributed by atoms with Gasteiger partial charge in [-0.2, -0.15) is 0 Å². The molecule has 7 nitrogen and oxygen atoms in total. The molecule has 1 aromatic carbocycles. The summed E-state index contributed by atoms with van der Waals surface area (Å²) in [6, 6.07) is 4.35. The van der Waals surface area contributed by atoms with Gasteiger partial charge in [0.1, 0.15) is 11.4 Å². The van der Waals surface area contributed by atoms with E-state index in [2.05, 4.69) is 10.3 Å². The third-order valence-corrected chi connectivity index (χ3v) is 5.29. The number of carbonyl (C=O) groups excluding carboxylic acids is 2. The highest BCUT2D eigenvalue weighted by atomic mass is 32.1. The quantitative estimate of drug-likeness (QED) is 0.815. The number of nitrogens with zero attached hydrogens (tertiary/aromatic N) is 3. The number of rotatable bonds is 3. The van der Waals surface area contributed by atoms with Crippen LogP contribution in [0.25, 0.3) is 0 Å². The summed E-state index contributed by atoms with van der Waals surface area (Å²) >= 11 is 1.32. The van der Waals surface area contributed by atoms with Gasteiger partial charge in [0.05, 0.1) is 17.9 Å². The van der Waals surface area contributed by atoms with E-state index in [4.69, 9.17) is 4.74 Å². The zero-order chi connectivity index (χ0) is 21.3. The molecule has 0 aliphatic carbocycles. The van der Waals surface area contributed by atoms with Gasteiger partial charge in [0.25, 0.3) is 5.91 Å². The maximum atomic E-state index is 14.1. The maximum absolute atomic E-state index is 14.1. The summed E-state index contributed by atoms with van der Waals surface area (Å²) in [5.41, 5.74) is 0.936. The lowest BCUT2D eigenvalue weighted by atomic mass is 10.1. The van der Waals surface area contributed by atoms with Crippen LogP contribution >= 0.6 is 11.3 Å². The third kappa shape index (κ3) is 5.03. The summed E-state index contributed by atoms with van der Waals surface area (Å²) in [5.74, 6) is -0.890. The number of aromatic nitrogens is 1. The second-order valence-electron chi connectivity index (χ2n) is 8.06. The van der Waals surface area contributed by atoms with Gasteiger partial charge in [0.2, 0.25) is 0 Å². The van der Waals surface area contributed by atoms with Crippen LogP contribution in [0.3, 0.4) is 0 Å². The predicted octanol–water partition coefficient (Wildman–Crippen LogP) is 3.89. The van der Waals surface area contributed by atoms with Crippen LogP contribution in [0.2, 0.25) is 0 Å². The van der Waals surface area contributed by atoms with Gasteiger partial charge in [0, 0.05) is 37.5 Å². The van der Waals surface area contributed by atoms with Crippen molar-refractivity contribution in [3.8, 4) is 0 Å². The zero-order valence-corrected chi connectivity index (χ0v) is 18.0. The zero-order valence-electron chi connectivity index (χ0n) is 17.2. The molecule has 29 heavy (non-hydrogen) atoms. The molecule has 3 rings (SSSR count). The Morgan fingerprint density at radius 3 is 2.66 bits per heavy atom. The van der Waals surface area contributed by atoms with Gasteiger partial charge in [-0.05, 0) is 39.0 Å². The Morgan fingerprint density at radius 2 is 2.03 bits per heavy atom. The molecule has 156 valence electrons. The van der Waals surface area contributed by atoms with Crippen molar-refractivity contribution >= 4 is 34.2 Å². The molecule has 1 aliphatic rings. The molecular weight excluding hydrogens is 395 g/mol. The molecule has 9 heteroatoms. The van der Waals surface area contributed by atoms with Crippen molar-refractivity contribution in [1.29, 1.82) is 0 Å². The predicted molar refractivity (Wildman–Crippen MR) is 111 cm³/mol. The molecule has 0 saturated heterocycles. The lowest BCUT2D eigenvalue weighted by Crippen LogP contribution is -2.39. The maximum Gasteiger partial charge on any atom is 0.410 e. The molecule has 1 aliphatic heterocycles. The van der Waals surface area contributed by atoms with E-state index in [1.165, 1.54) is 17.4 Å². The van der Waals surface area contributed by atoms with E-state index in [0.717, 1.165) is 10.6 Å². The van der Waals surface area contributed by atoms with E-state index >= 15 is 0 Å². The van der Waals surface area contributed by atoms with Crippen molar-refractivity contribution in [2.45, 2.75) is 39.3 Å². The lowest BCUT2D eigenvalue weighted by Gasteiger charge is -2.29. The number of hydrogen-bond donors (Lipinski definition) is 1. The van der Waals surface area contributed by atoms with Gasteiger partial charge >= 0.3 is 6.09 Å². The molecule has 0 unspecified atom stereocenters. The van der Waals surface area contributed by atoms with Crippen LogP contribution in [0, 0.1) is 5.82 Å². The van der Waals surface area contributed by atoms with E-state index in [1.807, 2.05) is 20.8 Å². The molecule has 0 radical (unpaired) electrons. The molecule has 0 atom stereocenters. The molecule has 1 N–H and O–H groups in total. The van der Waals surface area contributed by atoms with Gasteiger partial charge < -0.3 is 14.5 Å². The van der Waals surface area contributed by atoms with Crippen LogP contribution in [0.15, 0.2) is 18.2 Å². The van der Waals surface area contributed by atoms with Gasteiger partial charge in [-0.15, -0.1) is 0 Å². The van der Waals surface area contributed by atoms with Crippen molar-refractivity contribution < 1.29 is 18.7 Å². The molecule has 2 aromatic rings.